The Morgan fingerprint density at radius 1 is 0.914 bits per heavy atom. The van der Waals surface area contributed by atoms with Crippen LogP contribution in [0.15, 0.2) is 66.7 Å². The van der Waals surface area contributed by atoms with Crippen molar-refractivity contribution in [2.75, 3.05) is 11.5 Å². The van der Waals surface area contributed by atoms with Crippen LogP contribution in [0, 0.1) is 11.8 Å². The van der Waals surface area contributed by atoms with Crippen LogP contribution in [0.25, 0.3) is 0 Å². The Morgan fingerprint density at radius 3 is 2.11 bits per heavy atom. The molecule has 3 aliphatic carbocycles. The summed E-state index contributed by atoms with van der Waals surface area (Å²) in [5, 5.41) is 0. The lowest BCUT2D eigenvalue weighted by atomic mass is 9.46. The molecule has 4 aliphatic rings. The third kappa shape index (κ3) is 2.67. The fraction of sp³-hybridized carbons (Fsp3) is 0.300. The van der Waals surface area contributed by atoms with Gasteiger partial charge in [0.25, 0.3) is 0 Å². The summed E-state index contributed by atoms with van der Waals surface area (Å²) in [4.78, 5) is 42.0. The number of nitrogens with zero attached hydrogens (tertiary/aromatic N) is 1. The van der Waals surface area contributed by atoms with E-state index in [-0.39, 0.29) is 23.5 Å². The summed E-state index contributed by atoms with van der Waals surface area (Å²) >= 11 is 0. The molecule has 1 aliphatic heterocycles. The molecule has 0 spiro atoms. The Bertz CT molecular complexity index is 1360. The zero-order valence-corrected chi connectivity index (χ0v) is 20.1. The molecule has 3 aromatic carbocycles. The van der Waals surface area contributed by atoms with Crippen LogP contribution in [0.1, 0.15) is 65.7 Å². The number of amides is 2. The monoisotopic (exact) mass is 465 g/mol. The number of rotatable bonds is 5. The molecule has 0 N–H and O–H groups in total. The summed E-state index contributed by atoms with van der Waals surface area (Å²) in [7, 11) is 0. The Kier molecular flexibility index (Phi) is 4.75. The van der Waals surface area contributed by atoms with Crippen LogP contribution < -0.4 is 9.64 Å². The Labute approximate surface area is 204 Å². The van der Waals surface area contributed by atoms with Gasteiger partial charge in [-0.25, -0.2) is 4.90 Å². The minimum Gasteiger partial charge on any atom is -0.492 e. The molecule has 2 atom stereocenters. The quantitative estimate of drug-likeness (QED) is 0.381. The first-order chi connectivity index (χ1) is 17.0. The molecule has 176 valence electrons. The van der Waals surface area contributed by atoms with Crippen LogP contribution in [0.5, 0.6) is 5.75 Å². The molecule has 1 fully saturated rings. The number of imide groups is 1. The highest BCUT2D eigenvalue weighted by molar-refractivity contribution is 6.24. The van der Waals surface area contributed by atoms with Gasteiger partial charge in [0.15, 0.2) is 5.78 Å². The standard InChI is InChI=1S/C30H27NO4/c1-4-30-21-12-8-6-10-19(21)25(20-11-7-9-13-22(20)30)26-27(30)29(34)31(28(26)33)23-16-18(17(3)32)14-15-24(23)35-5-2/h6-16,25-27H,4-5H2,1-3H3/t25?,26-,27+,30?/m1/s1. The van der Waals surface area contributed by atoms with E-state index in [1.54, 1.807) is 18.2 Å². The van der Waals surface area contributed by atoms with Gasteiger partial charge in [-0.1, -0.05) is 55.5 Å². The first kappa shape index (κ1) is 21.8. The number of benzene rings is 3. The summed E-state index contributed by atoms with van der Waals surface area (Å²) in [5.41, 5.74) is 4.80. The molecular formula is C30H27NO4. The Balaban J connectivity index is 1.60. The molecule has 3 aromatic rings. The number of hydrogen-bond acceptors (Lipinski definition) is 4. The van der Waals surface area contributed by atoms with E-state index in [0.29, 0.717) is 30.0 Å². The second-order valence-electron chi connectivity index (χ2n) is 9.66. The van der Waals surface area contributed by atoms with Gasteiger partial charge in [-0.2, -0.15) is 0 Å². The summed E-state index contributed by atoms with van der Waals surface area (Å²) in [6, 6.07) is 21.5. The third-order valence-corrected chi connectivity index (χ3v) is 8.26. The fourth-order valence-electron chi connectivity index (χ4n) is 6.96. The topological polar surface area (TPSA) is 63.7 Å². The molecule has 5 nitrogen and oxygen atoms in total. The minimum absolute atomic E-state index is 0.129. The van der Waals surface area contributed by atoms with E-state index in [1.165, 1.54) is 11.8 Å². The van der Waals surface area contributed by atoms with Crippen molar-refractivity contribution < 1.29 is 19.1 Å². The molecule has 2 amide bonds. The molecule has 1 heterocycles. The highest BCUT2D eigenvalue weighted by Crippen LogP contribution is 2.65. The van der Waals surface area contributed by atoms with Crippen LogP contribution in [-0.4, -0.2) is 24.2 Å². The zero-order chi connectivity index (χ0) is 24.5. The van der Waals surface area contributed by atoms with Crippen LogP contribution in [-0.2, 0) is 15.0 Å². The Morgan fingerprint density at radius 2 is 1.54 bits per heavy atom. The van der Waals surface area contributed by atoms with Gasteiger partial charge in [0, 0.05) is 16.9 Å². The second kappa shape index (κ2) is 7.64. The first-order valence-electron chi connectivity index (χ1n) is 12.3. The van der Waals surface area contributed by atoms with Crippen molar-refractivity contribution in [2.24, 2.45) is 11.8 Å². The molecule has 1 saturated heterocycles. The van der Waals surface area contributed by atoms with E-state index in [9.17, 15) is 14.4 Å². The van der Waals surface area contributed by atoms with E-state index in [1.807, 2.05) is 31.2 Å². The maximum Gasteiger partial charge on any atom is 0.239 e. The molecule has 0 saturated carbocycles. The van der Waals surface area contributed by atoms with Crippen LogP contribution in [0.4, 0.5) is 5.69 Å². The smallest absolute Gasteiger partial charge is 0.239 e. The zero-order valence-electron chi connectivity index (χ0n) is 20.1. The van der Waals surface area contributed by atoms with Crippen molar-refractivity contribution >= 4 is 23.3 Å². The van der Waals surface area contributed by atoms with Crippen molar-refractivity contribution in [2.45, 2.75) is 38.5 Å². The number of hydrogen-bond donors (Lipinski definition) is 0. The third-order valence-electron chi connectivity index (χ3n) is 8.26. The van der Waals surface area contributed by atoms with Gasteiger partial charge in [-0.15, -0.1) is 0 Å². The van der Waals surface area contributed by atoms with E-state index in [0.717, 1.165) is 22.3 Å². The van der Waals surface area contributed by atoms with Gasteiger partial charge in [0.05, 0.1) is 24.1 Å². The molecule has 0 unspecified atom stereocenters. The minimum atomic E-state index is -0.585. The van der Waals surface area contributed by atoms with Crippen molar-refractivity contribution in [3.63, 3.8) is 0 Å². The first-order valence-corrected chi connectivity index (χ1v) is 12.3. The predicted molar refractivity (Wildman–Crippen MR) is 133 cm³/mol. The summed E-state index contributed by atoms with van der Waals surface area (Å²) in [6.07, 6.45) is 0.702. The lowest BCUT2D eigenvalue weighted by molar-refractivity contribution is -0.123. The second-order valence-corrected chi connectivity index (χ2v) is 9.66. The largest absolute Gasteiger partial charge is 0.492 e. The van der Waals surface area contributed by atoms with Gasteiger partial charge < -0.3 is 4.74 Å². The lowest BCUT2D eigenvalue weighted by Crippen LogP contribution is -2.53. The van der Waals surface area contributed by atoms with Crippen molar-refractivity contribution in [1.29, 1.82) is 0 Å². The van der Waals surface area contributed by atoms with Gasteiger partial charge in [0.1, 0.15) is 5.75 Å². The van der Waals surface area contributed by atoms with Crippen LogP contribution in [0.3, 0.4) is 0 Å². The lowest BCUT2D eigenvalue weighted by Gasteiger charge is -2.54. The number of ketones is 1. The number of carbonyl (C=O) groups is 3. The molecule has 0 aromatic heterocycles. The highest BCUT2D eigenvalue weighted by atomic mass is 16.5. The Hall–Kier alpha value is -3.73. The van der Waals surface area contributed by atoms with Gasteiger partial charge in [-0.3, -0.25) is 14.4 Å². The van der Waals surface area contributed by atoms with Crippen molar-refractivity contribution in [3.05, 3.63) is 94.5 Å². The maximum absolute atomic E-state index is 14.3. The van der Waals surface area contributed by atoms with Crippen LogP contribution >= 0.6 is 0 Å². The van der Waals surface area contributed by atoms with Gasteiger partial charge >= 0.3 is 0 Å². The summed E-state index contributed by atoms with van der Waals surface area (Å²) in [6.45, 7) is 5.83. The van der Waals surface area contributed by atoms with Gasteiger partial charge in [-0.05, 0) is 60.7 Å². The molecule has 5 heteroatoms. The number of carbonyl (C=O) groups excluding carboxylic acids is 3. The molecule has 0 radical (unpaired) electrons. The number of Topliss-reactive ketones (excluding diaryl/α,β-unsaturated/α-hetero) is 1. The fourth-order valence-corrected chi connectivity index (χ4v) is 6.96. The SMILES string of the molecule is CCOc1ccc(C(C)=O)cc1N1C(=O)[C@@H]2C3c4ccccc4C(CC)(c4ccccc43)[C@@H]2C1=O. The molecule has 7 rings (SSSR count). The highest BCUT2D eigenvalue weighted by Gasteiger charge is 2.67. The predicted octanol–water partition coefficient (Wildman–Crippen LogP) is 5.25. The number of anilines is 1. The molecule has 2 bridgehead atoms. The van der Waals surface area contributed by atoms with Crippen LogP contribution in [0.2, 0.25) is 0 Å². The van der Waals surface area contributed by atoms with Gasteiger partial charge in [0.2, 0.25) is 11.8 Å². The summed E-state index contributed by atoms with van der Waals surface area (Å²) in [5.74, 6) is -1.31. The molecule has 35 heavy (non-hydrogen) atoms. The van der Waals surface area contributed by atoms with E-state index >= 15 is 0 Å². The van der Waals surface area contributed by atoms with Crippen molar-refractivity contribution in [3.8, 4) is 5.75 Å². The normalized spacial score (nSPS) is 25.8. The number of ether oxygens (including phenoxy) is 1. The van der Waals surface area contributed by atoms with Crippen molar-refractivity contribution in [1.82, 2.24) is 0 Å². The van der Waals surface area contributed by atoms with E-state index < -0.39 is 17.3 Å². The summed E-state index contributed by atoms with van der Waals surface area (Å²) < 4.78 is 5.82. The average Bonchev–Trinajstić information content (AvgIpc) is 3.15. The molecular weight excluding hydrogens is 438 g/mol. The average molecular weight is 466 g/mol. The van der Waals surface area contributed by atoms with E-state index in [4.69, 9.17) is 4.74 Å². The maximum atomic E-state index is 14.3. The van der Waals surface area contributed by atoms with E-state index in [2.05, 4.69) is 31.2 Å².